The molecule has 0 atom stereocenters. The minimum Gasteiger partial charge on any atom is -0.504 e. The third-order valence-electron chi connectivity index (χ3n) is 6.06. The highest BCUT2D eigenvalue weighted by molar-refractivity contribution is 5.98. The van der Waals surface area contributed by atoms with E-state index in [1.807, 2.05) is 32.9 Å². The third-order valence-corrected chi connectivity index (χ3v) is 6.06. The van der Waals surface area contributed by atoms with Crippen molar-refractivity contribution in [3.05, 3.63) is 53.6 Å². The summed E-state index contributed by atoms with van der Waals surface area (Å²) in [7, 11) is 0. The first-order valence-corrected chi connectivity index (χ1v) is 11.1. The van der Waals surface area contributed by atoms with Gasteiger partial charge in [0, 0.05) is 10.8 Å². The Hall–Kier alpha value is -3.80. The van der Waals surface area contributed by atoms with Crippen LogP contribution in [0.3, 0.4) is 0 Å². The van der Waals surface area contributed by atoms with Crippen molar-refractivity contribution in [1.29, 1.82) is 0 Å². The van der Waals surface area contributed by atoms with Gasteiger partial charge in [0.15, 0.2) is 23.0 Å². The molecule has 0 spiro atoms. The van der Waals surface area contributed by atoms with Crippen molar-refractivity contribution >= 4 is 21.5 Å². The maximum atomic E-state index is 11.1. The second kappa shape index (κ2) is 7.62. The highest BCUT2D eigenvalue weighted by Gasteiger charge is 2.25. The van der Waals surface area contributed by atoms with Crippen LogP contribution in [0.2, 0.25) is 0 Å². The fraction of sp³-hybridized carbons (Fsp3) is 0.286. The Morgan fingerprint density at radius 3 is 1.88 bits per heavy atom. The lowest BCUT2D eigenvalue weighted by Gasteiger charge is -2.24. The van der Waals surface area contributed by atoms with E-state index in [9.17, 15) is 25.5 Å². The normalized spacial score (nSPS) is 12.4. The van der Waals surface area contributed by atoms with Gasteiger partial charge in [-0.1, -0.05) is 59.7 Å². The quantitative estimate of drug-likeness (QED) is 0.207. The molecule has 0 heterocycles. The molecule has 0 fully saturated rings. The number of ether oxygens (including phenoxy) is 1. The zero-order valence-corrected chi connectivity index (χ0v) is 20.2. The van der Waals surface area contributed by atoms with Gasteiger partial charge in [0.05, 0.1) is 0 Å². The van der Waals surface area contributed by atoms with Crippen LogP contribution in [0.1, 0.15) is 52.7 Å². The summed E-state index contributed by atoms with van der Waals surface area (Å²) >= 11 is 0. The Bertz CT molecular complexity index is 1440. The number of fused-ring (bicyclic) bond motifs is 2. The molecule has 4 aromatic carbocycles. The van der Waals surface area contributed by atoms with E-state index >= 15 is 0 Å². The van der Waals surface area contributed by atoms with Crippen LogP contribution in [0.15, 0.2) is 42.5 Å². The summed E-state index contributed by atoms with van der Waals surface area (Å²) in [5.41, 5.74) is 0.973. The van der Waals surface area contributed by atoms with Gasteiger partial charge in [-0.2, -0.15) is 0 Å². The van der Waals surface area contributed by atoms with Gasteiger partial charge in [-0.25, -0.2) is 0 Å². The molecule has 0 saturated carbocycles. The van der Waals surface area contributed by atoms with E-state index in [1.54, 1.807) is 24.3 Å². The monoisotopic (exact) mass is 462 g/mol. The molecule has 0 saturated heterocycles. The van der Waals surface area contributed by atoms with E-state index in [2.05, 4.69) is 20.8 Å². The Labute approximate surface area is 198 Å². The van der Waals surface area contributed by atoms with Gasteiger partial charge < -0.3 is 30.3 Å². The number of hydrogen-bond acceptors (Lipinski definition) is 6. The third kappa shape index (κ3) is 3.79. The molecule has 34 heavy (non-hydrogen) atoms. The number of aromatic hydroxyl groups is 5. The van der Waals surface area contributed by atoms with Gasteiger partial charge in [0.25, 0.3) is 0 Å². The maximum Gasteiger partial charge on any atom is 0.211 e. The van der Waals surface area contributed by atoms with Crippen molar-refractivity contribution in [2.24, 2.45) is 0 Å². The lowest BCUT2D eigenvalue weighted by atomic mass is 9.83. The molecule has 0 aliphatic rings. The van der Waals surface area contributed by atoms with Crippen LogP contribution in [-0.4, -0.2) is 25.5 Å². The topological polar surface area (TPSA) is 110 Å². The molecule has 6 heteroatoms. The van der Waals surface area contributed by atoms with Crippen molar-refractivity contribution in [3.8, 4) is 40.2 Å². The first-order valence-electron chi connectivity index (χ1n) is 11.1. The predicted molar refractivity (Wildman–Crippen MR) is 134 cm³/mol. The van der Waals surface area contributed by atoms with Gasteiger partial charge >= 0.3 is 0 Å². The summed E-state index contributed by atoms with van der Waals surface area (Å²) in [6, 6.07) is 11.8. The van der Waals surface area contributed by atoms with Crippen LogP contribution in [0, 0.1) is 0 Å². The van der Waals surface area contributed by atoms with E-state index in [0.29, 0.717) is 27.5 Å². The van der Waals surface area contributed by atoms with Crippen LogP contribution in [0.25, 0.3) is 21.5 Å². The predicted octanol–water partition coefficient (Wildman–Crippen LogP) is 6.91. The van der Waals surface area contributed by atoms with Crippen molar-refractivity contribution < 1.29 is 30.3 Å². The largest absolute Gasteiger partial charge is 0.504 e. The van der Waals surface area contributed by atoms with Gasteiger partial charge in [0.2, 0.25) is 11.5 Å². The molecular formula is C28H30O6. The molecular weight excluding hydrogens is 432 g/mol. The van der Waals surface area contributed by atoms with Gasteiger partial charge in [0.1, 0.15) is 5.75 Å². The number of hydrogen-bond donors (Lipinski definition) is 5. The first kappa shape index (κ1) is 23.4. The van der Waals surface area contributed by atoms with Crippen molar-refractivity contribution in [1.82, 2.24) is 0 Å². The van der Waals surface area contributed by atoms with Gasteiger partial charge in [-0.3, -0.25) is 0 Å². The lowest BCUT2D eigenvalue weighted by Crippen LogP contribution is -2.12. The molecule has 0 aliphatic heterocycles. The summed E-state index contributed by atoms with van der Waals surface area (Å²) in [5, 5.41) is 54.6. The number of phenols is 5. The standard InChI is InChI=1S/C28H30O6/c1-27(2,3)18-9-7-8-16-17(18)13-21(30)26(23(16)31)34-15-10-14-11-20(29)24(32)25(33)22(14)19(12-15)28(4,5)6/h7-13,29-33H,1-6H3. The smallest absolute Gasteiger partial charge is 0.211 e. The summed E-state index contributed by atoms with van der Waals surface area (Å²) < 4.78 is 6.00. The number of phenolic OH excluding ortho intramolecular Hbond substituents is 5. The maximum absolute atomic E-state index is 11.1. The van der Waals surface area contributed by atoms with E-state index in [0.717, 1.165) is 10.9 Å². The highest BCUT2D eigenvalue weighted by Crippen LogP contribution is 2.50. The molecule has 0 bridgehead atoms. The molecule has 5 N–H and O–H groups in total. The van der Waals surface area contributed by atoms with Gasteiger partial charge in [-0.15, -0.1) is 0 Å². The minimum absolute atomic E-state index is 0.0926. The minimum atomic E-state index is -0.592. The van der Waals surface area contributed by atoms with Crippen LogP contribution in [-0.2, 0) is 10.8 Å². The van der Waals surface area contributed by atoms with E-state index in [4.69, 9.17) is 4.74 Å². The molecule has 6 nitrogen and oxygen atoms in total. The van der Waals surface area contributed by atoms with Crippen LogP contribution in [0.5, 0.6) is 40.2 Å². The van der Waals surface area contributed by atoms with Crippen LogP contribution < -0.4 is 4.74 Å². The summed E-state index contributed by atoms with van der Waals surface area (Å²) in [6.45, 7) is 12.0. The van der Waals surface area contributed by atoms with Crippen molar-refractivity contribution in [2.45, 2.75) is 52.4 Å². The lowest BCUT2D eigenvalue weighted by molar-refractivity contribution is 0.370. The molecule has 4 aromatic rings. The Morgan fingerprint density at radius 1 is 0.618 bits per heavy atom. The zero-order valence-electron chi connectivity index (χ0n) is 20.2. The Morgan fingerprint density at radius 2 is 1.26 bits per heavy atom. The van der Waals surface area contributed by atoms with Crippen molar-refractivity contribution in [2.75, 3.05) is 0 Å². The fourth-order valence-corrected chi connectivity index (χ4v) is 4.37. The second-order valence-electron chi connectivity index (χ2n) is 10.7. The van der Waals surface area contributed by atoms with E-state index < -0.39 is 22.7 Å². The molecule has 0 unspecified atom stereocenters. The Balaban J connectivity index is 1.94. The van der Waals surface area contributed by atoms with Crippen LogP contribution >= 0.6 is 0 Å². The molecule has 178 valence electrons. The SMILES string of the molecule is CC(C)(C)c1cccc2c(O)c(Oc3cc(C(C)(C)C)c4c(O)c(O)c(O)cc4c3)c(O)cc12. The summed E-state index contributed by atoms with van der Waals surface area (Å²) in [5.74, 6) is -1.67. The summed E-state index contributed by atoms with van der Waals surface area (Å²) in [4.78, 5) is 0. The second-order valence-corrected chi connectivity index (χ2v) is 10.7. The average molecular weight is 463 g/mol. The van der Waals surface area contributed by atoms with E-state index in [1.165, 1.54) is 6.07 Å². The highest BCUT2D eigenvalue weighted by atomic mass is 16.5. The number of rotatable bonds is 2. The number of benzene rings is 4. The van der Waals surface area contributed by atoms with Crippen LogP contribution in [0.4, 0.5) is 0 Å². The average Bonchev–Trinajstić information content (AvgIpc) is 2.72. The first-order chi connectivity index (χ1) is 15.7. The molecule has 0 amide bonds. The fourth-order valence-electron chi connectivity index (χ4n) is 4.37. The van der Waals surface area contributed by atoms with Crippen molar-refractivity contribution in [3.63, 3.8) is 0 Å². The van der Waals surface area contributed by atoms with Gasteiger partial charge in [-0.05, 0) is 57.0 Å². The molecule has 0 radical (unpaired) electrons. The molecule has 0 aromatic heterocycles. The Kier molecular flexibility index (Phi) is 5.24. The molecule has 0 aliphatic carbocycles. The zero-order chi connectivity index (χ0) is 25.2. The molecule has 4 rings (SSSR count). The van der Waals surface area contributed by atoms with E-state index in [-0.39, 0.29) is 22.7 Å². The summed E-state index contributed by atoms with van der Waals surface area (Å²) in [6.07, 6.45) is 0.